The summed E-state index contributed by atoms with van der Waals surface area (Å²) in [5.41, 5.74) is 1.82. The van der Waals surface area contributed by atoms with Crippen LogP contribution in [0.25, 0.3) is 11.7 Å². The lowest BCUT2D eigenvalue weighted by molar-refractivity contribution is -0.122. The topological polar surface area (TPSA) is 70.4 Å². The number of pyridine rings is 1. The molecule has 2 aliphatic rings. The van der Waals surface area contributed by atoms with Crippen molar-refractivity contribution in [2.45, 2.75) is 27.2 Å². The van der Waals surface area contributed by atoms with Crippen molar-refractivity contribution < 1.29 is 9.53 Å². The predicted octanol–water partition coefficient (Wildman–Crippen LogP) is 2.77. The summed E-state index contributed by atoms with van der Waals surface area (Å²) in [6.07, 6.45) is 4.19. The first-order valence-electron chi connectivity index (χ1n) is 11.8. The van der Waals surface area contributed by atoms with Gasteiger partial charge in [-0.05, 0) is 44.5 Å². The number of likely N-dealkylation sites (N-methyl/N-ethyl adjacent to an activating group) is 1. The van der Waals surface area contributed by atoms with E-state index in [1.165, 1.54) is 11.8 Å². The Morgan fingerprint density at radius 2 is 1.94 bits per heavy atom. The second-order valence-electron chi connectivity index (χ2n) is 8.39. The van der Waals surface area contributed by atoms with Crippen molar-refractivity contribution in [3.63, 3.8) is 0 Å². The molecular formula is C24H31N5O3S2. The standard InChI is InChI=1S/C24H31N5O3S2/c1-4-26-10-12-27(13-11-26)21-18(22(30)29-16-17(3)7-8-20(29)25-21)15-19-23(31)28(24(33)34-19)9-6-14-32-5-2/h7-8,15-16H,4-6,9-14H2,1-3H3/b19-15-. The van der Waals surface area contributed by atoms with E-state index in [1.807, 2.05) is 26.0 Å². The van der Waals surface area contributed by atoms with E-state index < -0.39 is 0 Å². The van der Waals surface area contributed by atoms with Gasteiger partial charge in [0.2, 0.25) is 0 Å². The van der Waals surface area contributed by atoms with Gasteiger partial charge in [0.05, 0.1) is 10.5 Å². The number of aryl methyl sites for hydroxylation is 1. The third kappa shape index (κ3) is 5.19. The van der Waals surface area contributed by atoms with Crippen molar-refractivity contribution in [3.05, 3.63) is 44.7 Å². The highest BCUT2D eigenvalue weighted by Gasteiger charge is 2.33. The van der Waals surface area contributed by atoms with Crippen molar-refractivity contribution >= 4 is 51.7 Å². The van der Waals surface area contributed by atoms with Crippen LogP contribution in [0.15, 0.2) is 28.0 Å². The highest BCUT2D eigenvalue weighted by atomic mass is 32.2. The third-order valence-corrected chi connectivity index (χ3v) is 7.51. The molecule has 1 amide bonds. The van der Waals surface area contributed by atoms with Gasteiger partial charge < -0.3 is 14.5 Å². The number of carbonyl (C=O) groups excluding carboxylic acids is 1. The number of fused-ring (bicyclic) bond motifs is 1. The molecule has 2 aromatic rings. The van der Waals surface area contributed by atoms with E-state index >= 15 is 0 Å². The molecule has 34 heavy (non-hydrogen) atoms. The number of ether oxygens (including phenoxy) is 1. The molecule has 0 unspecified atom stereocenters. The van der Waals surface area contributed by atoms with Crippen LogP contribution in [-0.2, 0) is 9.53 Å². The normalized spacial score (nSPS) is 18.6. The number of thioether (sulfide) groups is 1. The van der Waals surface area contributed by atoms with Crippen LogP contribution in [0.5, 0.6) is 0 Å². The minimum Gasteiger partial charge on any atom is -0.382 e. The molecule has 2 saturated heterocycles. The molecular weight excluding hydrogens is 470 g/mol. The monoisotopic (exact) mass is 501 g/mol. The summed E-state index contributed by atoms with van der Waals surface area (Å²) in [4.78, 5) is 38.2. The molecule has 0 aromatic carbocycles. The van der Waals surface area contributed by atoms with Crippen LogP contribution in [-0.4, -0.2) is 81.9 Å². The molecule has 0 spiro atoms. The first-order valence-corrected chi connectivity index (χ1v) is 13.0. The highest BCUT2D eigenvalue weighted by molar-refractivity contribution is 8.26. The van der Waals surface area contributed by atoms with Gasteiger partial charge in [-0.2, -0.15) is 0 Å². The van der Waals surface area contributed by atoms with Gasteiger partial charge in [0.15, 0.2) is 0 Å². The number of amides is 1. The molecule has 0 N–H and O–H groups in total. The molecule has 182 valence electrons. The first-order chi connectivity index (χ1) is 16.4. The van der Waals surface area contributed by atoms with Crippen LogP contribution < -0.4 is 10.5 Å². The summed E-state index contributed by atoms with van der Waals surface area (Å²) in [6, 6.07) is 3.82. The van der Waals surface area contributed by atoms with Crippen LogP contribution in [0.2, 0.25) is 0 Å². The maximum Gasteiger partial charge on any atom is 0.267 e. The maximum atomic E-state index is 13.6. The minimum atomic E-state index is -0.178. The van der Waals surface area contributed by atoms with E-state index in [2.05, 4.69) is 16.7 Å². The summed E-state index contributed by atoms with van der Waals surface area (Å²) in [7, 11) is 0. The number of piperazine rings is 1. The minimum absolute atomic E-state index is 0.165. The van der Waals surface area contributed by atoms with Crippen molar-refractivity contribution in [1.82, 2.24) is 19.2 Å². The average molecular weight is 502 g/mol. The van der Waals surface area contributed by atoms with Gasteiger partial charge >= 0.3 is 0 Å². The Hall–Kier alpha value is -2.27. The van der Waals surface area contributed by atoms with Crippen molar-refractivity contribution in [2.24, 2.45) is 0 Å². The summed E-state index contributed by atoms with van der Waals surface area (Å²) in [6.45, 7) is 12.1. The first kappa shape index (κ1) is 24.8. The molecule has 2 aromatic heterocycles. The largest absolute Gasteiger partial charge is 0.382 e. The van der Waals surface area contributed by atoms with Crippen LogP contribution in [0.4, 0.5) is 5.82 Å². The lowest BCUT2D eigenvalue weighted by Gasteiger charge is -2.35. The Morgan fingerprint density at radius 3 is 2.65 bits per heavy atom. The van der Waals surface area contributed by atoms with E-state index in [0.717, 1.165) is 38.3 Å². The number of thiocarbonyl (C=S) groups is 1. The van der Waals surface area contributed by atoms with Gasteiger partial charge in [-0.3, -0.25) is 18.9 Å². The molecule has 4 heterocycles. The fraction of sp³-hybridized carbons (Fsp3) is 0.500. The zero-order valence-electron chi connectivity index (χ0n) is 20.0. The number of hydrogen-bond acceptors (Lipinski definition) is 8. The van der Waals surface area contributed by atoms with Crippen molar-refractivity contribution in [1.29, 1.82) is 0 Å². The molecule has 2 aliphatic heterocycles. The number of anilines is 1. The second kappa shape index (κ2) is 11.0. The van der Waals surface area contributed by atoms with E-state index in [4.69, 9.17) is 21.9 Å². The molecule has 0 saturated carbocycles. The van der Waals surface area contributed by atoms with E-state index in [0.29, 0.717) is 52.4 Å². The summed E-state index contributed by atoms with van der Waals surface area (Å²) in [5.74, 6) is 0.466. The molecule has 0 atom stereocenters. The predicted molar refractivity (Wildman–Crippen MR) is 142 cm³/mol. The lowest BCUT2D eigenvalue weighted by Crippen LogP contribution is -2.47. The van der Waals surface area contributed by atoms with E-state index in [-0.39, 0.29) is 11.5 Å². The fourth-order valence-corrected chi connectivity index (χ4v) is 5.47. The Kier molecular flexibility index (Phi) is 8.02. The molecule has 2 fully saturated rings. The molecule has 0 radical (unpaired) electrons. The SMILES string of the molecule is CCOCCCN1C(=O)/C(=C/c2c(N3CCN(CC)CC3)nc3ccc(C)cn3c2=O)SC1=S. The highest BCUT2D eigenvalue weighted by Crippen LogP contribution is 2.33. The van der Waals surface area contributed by atoms with Gasteiger partial charge in [-0.15, -0.1) is 0 Å². The van der Waals surface area contributed by atoms with Gasteiger partial charge in [0.25, 0.3) is 11.5 Å². The number of aromatic nitrogens is 2. The lowest BCUT2D eigenvalue weighted by atomic mass is 10.2. The summed E-state index contributed by atoms with van der Waals surface area (Å²) >= 11 is 6.71. The van der Waals surface area contributed by atoms with Gasteiger partial charge in [-0.1, -0.05) is 37.0 Å². The van der Waals surface area contributed by atoms with Crippen molar-refractivity contribution in [3.8, 4) is 0 Å². The quantitative estimate of drug-likeness (QED) is 0.311. The van der Waals surface area contributed by atoms with Crippen LogP contribution in [0.3, 0.4) is 0 Å². The number of carbonyl (C=O) groups is 1. The fourth-order valence-electron chi connectivity index (χ4n) is 4.18. The van der Waals surface area contributed by atoms with Crippen molar-refractivity contribution in [2.75, 3.05) is 57.4 Å². The molecule has 8 nitrogen and oxygen atoms in total. The summed E-state index contributed by atoms with van der Waals surface area (Å²) in [5, 5.41) is 0. The zero-order chi connectivity index (χ0) is 24.2. The number of hydrogen-bond donors (Lipinski definition) is 0. The van der Waals surface area contributed by atoms with Gasteiger partial charge in [-0.25, -0.2) is 4.98 Å². The van der Waals surface area contributed by atoms with Crippen LogP contribution in [0.1, 0.15) is 31.4 Å². The molecule has 0 aliphatic carbocycles. The molecule has 10 heteroatoms. The molecule has 0 bridgehead atoms. The number of nitrogens with zero attached hydrogens (tertiary/aromatic N) is 5. The summed E-state index contributed by atoms with van der Waals surface area (Å²) < 4.78 is 7.46. The van der Waals surface area contributed by atoms with Crippen LogP contribution in [0, 0.1) is 6.92 Å². The Labute approximate surface area is 209 Å². The molecule has 4 rings (SSSR count). The Bertz CT molecular complexity index is 1170. The van der Waals surface area contributed by atoms with E-state index in [1.54, 1.807) is 21.6 Å². The Balaban J connectivity index is 1.71. The second-order valence-corrected chi connectivity index (χ2v) is 10.1. The average Bonchev–Trinajstić information content (AvgIpc) is 3.11. The number of rotatable bonds is 8. The van der Waals surface area contributed by atoms with Gasteiger partial charge in [0, 0.05) is 52.1 Å². The zero-order valence-corrected chi connectivity index (χ0v) is 21.6. The van der Waals surface area contributed by atoms with E-state index in [9.17, 15) is 9.59 Å². The third-order valence-electron chi connectivity index (χ3n) is 6.13. The van der Waals surface area contributed by atoms with Gasteiger partial charge in [0.1, 0.15) is 15.8 Å². The Morgan fingerprint density at radius 1 is 1.18 bits per heavy atom. The van der Waals surface area contributed by atoms with Crippen LogP contribution >= 0.6 is 24.0 Å². The smallest absolute Gasteiger partial charge is 0.267 e. The maximum absolute atomic E-state index is 13.6.